The van der Waals surface area contributed by atoms with Crippen LogP contribution in [0.5, 0.6) is 0 Å². The third kappa shape index (κ3) is 4.61. The molecular weight excluding hydrogens is 395 g/mol. The Morgan fingerprint density at radius 3 is 1.81 bits per heavy atom. The molecule has 0 fully saturated rings. The number of aliphatic hydroxyl groups is 3. The average Bonchev–Trinajstić information content (AvgIpc) is 2.67. The van der Waals surface area contributed by atoms with E-state index in [0.29, 0.717) is 10.0 Å². The number of carbonyl (C=O) groups excluding carboxylic acids is 3. The highest BCUT2D eigenvalue weighted by molar-refractivity contribution is 6.31. The van der Waals surface area contributed by atoms with Crippen LogP contribution in [0.3, 0.4) is 0 Å². The van der Waals surface area contributed by atoms with Gasteiger partial charge >= 0.3 is 0 Å². The third-order valence-electron chi connectivity index (χ3n) is 4.08. The zero-order chi connectivity index (χ0) is 20.2. The van der Waals surface area contributed by atoms with Crippen molar-refractivity contribution in [2.24, 2.45) is 0 Å². The molecule has 6 nitrogen and oxygen atoms in total. The Hall–Kier alpha value is -2.09. The van der Waals surface area contributed by atoms with Crippen LogP contribution in [0.25, 0.3) is 0 Å². The number of aliphatic hydroxyl groups excluding tert-OH is 2. The van der Waals surface area contributed by atoms with E-state index >= 15 is 0 Å². The van der Waals surface area contributed by atoms with Crippen LogP contribution in [0.2, 0.25) is 10.0 Å². The minimum atomic E-state index is -2.70. The minimum Gasteiger partial charge on any atom is -0.386 e. The number of benzene rings is 2. The Bertz CT molecular complexity index is 834. The van der Waals surface area contributed by atoms with Crippen LogP contribution >= 0.6 is 23.2 Å². The molecule has 0 aliphatic carbocycles. The Balaban J connectivity index is 2.33. The van der Waals surface area contributed by atoms with E-state index in [0.717, 1.165) is 0 Å². The molecule has 27 heavy (non-hydrogen) atoms. The van der Waals surface area contributed by atoms with Gasteiger partial charge in [-0.05, 0) is 48.5 Å². The van der Waals surface area contributed by atoms with Crippen LogP contribution in [-0.2, 0) is 4.79 Å². The molecule has 0 saturated heterocycles. The largest absolute Gasteiger partial charge is 0.386 e. The highest BCUT2D eigenvalue weighted by Crippen LogP contribution is 2.26. The average molecular weight is 411 g/mol. The molecule has 0 amide bonds. The summed E-state index contributed by atoms with van der Waals surface area (Å²) in [5, 5.41) is 32.0. The van der Waals surface area contributed by atoms with E-state index < -0.39 is 35.8 Å². The number of hydrogen-bond acceptors (Lipinski definition) is 6. The fourth-order valence-electron chi connectivity index (χ4n) is 2.52. The van der Waals surface area contributed by atoms with E-state index in [1.54, 1.807) is 0 Å². The lowest BCUT2D eigenvalue weighted by atomic mass is 9.81. The molecule has 8 heteroatoms. The van der Waals surface area contributed by atoms with E-state index in [1.165, 1.54) is 48.5 Å². The monoisotopic (exact) mass is 410 g/mol. The normalized spacial score (nSPS) is 15.4. The third-order valence-corrected chi connectivity index (χ3v) is 4.58. The number of ketones is 2. The minimum absolute atomic E-state index is 0.0124. The van der Waals surface area contributed by atoms with Crippen LogP contribution in [0.15, 0.2) is 48.5 Å². The van der Waals surface area contributed by atoms with Crippen LogP contribution in [-0.4, -0.2) is 51.0 Å². The summed E-state index contributed by atoms with van der Waals surface area (Å²) in [5.74, 6) is -1.96. The number of aldehydes is 1. The lowest BCUT2D eigenvalue weighted by molar-refractivity contribution is -0.121. The van der Waals surface area contributed by atoms with Gasteiger partial charge < -0.3 is 20.1 Å². The van der Waals surface area contributed by atoms with Crippen molar-refractivity contribution in [1.82, 2.24) is 0 Å². The Morgan fingerprint density at radius 2 is 1.37 bits per heavy atom. The molecule has 1 unspecified atom stereocenters. The molecule has 0 saturated carbocycles. The van der Waals surface area contributed by atoms with Crippen LogP contribution in [0, 0.1) is 0 Å². The molecule has 3 atom stereocenters. The van der Waals surface area contributed by atoms with E-state index in [-0.39, 0.29) is 17.4 Å². The maximum atomic E-state index is 12.7. The maximum absolute atomic E-state index is 12.7. The van der Waals surface area contributed by atoms with E-state index in [1.807, 2.05) is 0 Å². The summed E-state index contributed by atoms with van der Waals surface area (Å²) in [6.45, 7) is 0. The molecule has 0 aromatic heterocycles. The van der Waals surface area contributed by atoms with E-state index in [4.69, 9.17) is 23.2 Å². The number of rotatable bonds is 8. The van der Waals surface area contributed by atoms with Crippen molar-refractivity contribution in [3.8, 4) is 0 Å². The van der Waals surface area contributed by atoms with Crippen molar-refractivity contribution in [3.05, 3.63) is 69.7 Å². The zero-order valence-corrected chi connectivity index (χ0v) is 15.4. The molecule has 2 rings (SSSR count). The fraction of sp³-hybridized carbons (Fsp3) is 0.211. The molecular formula is C19H16Cl2O6. The maximum Gasteiger partial charge on any atom is 0.197 e. The first kappa shape index (κ1) is 21.2. The lowest BCUT2D eigenvalue weighted by Crippen LogP contribution is -2.56. The number of halogens is 2. The van der Waals surface area contributed by atoms with Gasteiger partial charge in [0.15, 0.2) is 17.2 Å². The number of carbonyl (C=O) groups is 3. The smallest absolute Gasteiger partial charge is 0.197 e. The summed E-state index contributed by atoms with van der Waals surface area (Å²) >= 11 is 11.5. The van der Waals surface area contributed by atoms with Crippen LogP contribution in [0.1, 0.15) is 27.1 Å². The molecule has 3 N–H and O–H groups in total. The van der Waals surface area contributed by atoms with Gasteiger partial charge in [0, 0.05) is 27.6 Å². The van der Waals surface area contributed by atoms with Crippen LogP contribution in [0.4, 0.5) is 0 Å². The molecule has 142 valence electrons. The Labute approximate surface area is 165 Å². The van der Waals surface area contributed by atoms with Gasteiger partial charge in [-0.2, -0.15) is 0 Å². The van der Waals surface area contributed by atoms with Crippen molar-refractivity contribution in [2.75, 3.05) is 0 Å². The second-order valence-corrected chi connectivity index (χ2v) is 6.76. The number of Topliss-reactive ketones (excluding diaryl/α,β-unsaturated/α-hetero) is 2. The molecule has 2 aromatic rings. The standard InChI is InChI=1S/C19H16Cl2O6/c20-13-5-1-11(2-6-13)15(23)16(24)18(26)19(27,9-10-22)17(25)12-3-7-14(21)8-4-12/h1-8,10,16,18,24,26-27H,9H2/t16?,18-,19-/m1/s1. The summed E-state index contributed by atoms with van der Waals surface area (Å²) in [4.78, 5) is 36.0. The van der Waals surface area contributed by atoms with E-state index in [2.05, 4.69) is 0 Å². The first-order valence-corrected chi connectivity index (χ1v) is 8.58. The van der Waals surface area contributed by atoms with Gasteiger partial charge in [-0.3, -0.25) is 9.59 Å². The summed E-state index contributed by atoms with van der Waals surface area (Å²) < 4.78 is 0. The van der Waals surface area contributed by atoms with Crippen molar-refractivity contribution in [3.63, 3.8) is 0 Å². The summed E-state index contributed by atoms with van der Waals surface area (Å²) in [7, 11) is 0. The van der Waals surface area contributed by atoms with Crippen molar-refractivity contribution in [2.45, 2.75) is 24.2 Å². The predicted octanol–water partition coefficient (Wildman–Crippen LogP) is 2.10. The number of hydrogen-bond donors (Lipinski definition) is 3. The molecule has 0 spiro atoms. The lowest BCUT2D eigenvalue weighted by Gasteiger charge is -2.32. The summed E-state index contributed by atoms with van der Waals surface area (Å²) in [6.07, 6.45) is -4.99. The van der Waals surface area contributed by atoms with Crippen molar-refractivity contribution in [1.29, 1.82) is 0 Å². The van der Waals surface area contributed by atoms with Gasteiger partial charge in [-0.25, -0.2) is 0 Å². The van der Waals surface area contributed by atoms with Gasteiger partial charge in [0.2, 0.25) is 0 Å². The molecule has 0 heterocycles. The van der Waals surface area contributed by atoms with Gasteiger partial charge in [-0.15, -0.1) is 0 Å². The SMILES string of the molecule is O=CC[C@@](O)(C(=O)c1ccc(Cl)cc1)[C@H](O)C(O)C(=O)c1ccc(Cl)cc1. The Kier molecular flexibility index (Phi) is 6.86. The van der Waals surface area contributed by atoms with E-state index in [9.17, 15) is 29.7 Å². The quantitative estimate of drug-likeness (QED) is 0.453. The molecule has 0 bridgehead atoms. The van der Waals surface area contributed by atoms with Gasteiger partial charge in [0.25, 0.3) is 0 Å². The molecule has 0 aliphatic rings. The zero-order valence-electron chi connectivity index (χ0n) is 13.9. The predicted molar refractivity (Wildman–Crippen MR) is 99.2 cm³/mol. The molecule has 2 aromatic carbocycles. The Morgan fingerprint density at radius 1 is 0.926 bits per heavy atom. The summed E-state index contributed by atoms with van der Waals surface area (Å²) in [6, 6.07) is 10.8. The van der Waals surface area contributed by atoms with Gasteiger partial charge in [0.1, 0.15) is 18.5 Å². The van der Waals surface area contributed by atoms with Crippen molar-refractivity contribution >= 4 is 41.1 Å². The van der Waals surface area contributed by atoms with Gasteiger partial charge in [0.05, 0.1) is 0 Å². The molecule has 0 aliphatic heterocycles. The first-order chi connectivity index (χ1) is 12.7. The van der Waals surface area contributed by atoms with Crippen molar-refractivity contribution < 1.29 is 29.7 Å². The molecule has 0 radical (unpaired) electrons. The van der Waals surface area contributed by atoms with Gasteiger partial charge in [-0.1, -0.05) is 23.2 Å². The van der Waals surface area contributed by atoms with Crippen LogP contribution < -0.4 is 0 Å². The summed E-state index contributed by atoms with van der Waals surface area (Å²) in [5.41, 5.74) is -2.73. The highest BCUT2D eigenvalue weighted by atomic mass is 35.5. The second-order valence-electron chi connectivity index (χ2n) is 5.89. The fourth-order valence-corrected chi connectivity index (χ4v) is 2.77. The first-order valence-electron chi connectivity index (χ1n) is 7.83. The topological polar surface area (TPSA) is 112 Å². The second kappa shape index (κ2) is 8.73. The highest BCUT2D eigenvalue weighted by Gasteiger charge is 2.48.